The smallest absolute Gasteiger partial charge is 0.144 e. The molecule has 1 heterocycles. The molecule has 0 atom stereocenters. The molecule has 2 fully saturated rings. The maximum absolute atomic E-state index is 4.87. The number of rotatable bonds is 3. The average molecular weight is 310 g/mol. The first-order valence-electron chi connectivity index (χ1n) is 7.04. The molecule has 0 bridgehead atoms. The molecule has 4 heteroatoms. The minimum atomic E-state index is 0.580. The summed E-state index contributed by atoms with van der Waals surface area (Å²) in [4.78, 5) is 9.58. The SMILES string of the molecule is CNc1nc(C2CCCCC2)nc(C2CC2)c1Br. The molecular formula is C14H20BrN3. The van der Waals surface area contributed by atoms with E-state index in [1.54, 1.807) is 0 Å². The van der Waals surface area contributed by atoms with Crippen molar-refractivity contribution in [2.24, 2.45) is 0 Å². The van der Waals surface area contributed by atoms with Gasteiger partial charge in [0.1, 0.15) is 11.6 Å². The number of halogens is 1. The van der Waals surface area contributed by atoms with E-state index in [1.165, 1.54) is 50.6 Å². The van der Waals surface area contributed by atoms with Crippen molar-refractivity contribution in [2.75, 3.05) is 12.4 Å². The molecule has 0 amide bonds. The van der Waals surface area contributed by atoms with Gasteiger partial charge < -0.3 is 5.32 Å². The van der Waals surface area contributed by atoms with Crippen molar-refractivity contribution >= 4 is 21.7 Å². The highest BCUT2D eigenvalue weighted by atomic mass is 79.9. The summed E-state index contributed by atoms with van der Waals surface area (Å²) in [5.74, 6) is 3.28. The Morgan fingerprint density at radius 3 is 2.33 bits per heavy atom. The standard InChI is InChI=1S/C14H20BrN3/c1-16-14-11(15)12(9-7-8-9)17-13(18-14)10-5-3-2-4-6-10/h9-10H,2-8H2,1H3,(H,16,17,18). The number of anilines is 1. The third kappa shape index (κ3) is 2.40. The highest BCUT2D eigenvalue weighted by Crippen LogP contribution is 2.44. The lowest BCUT2D eigenvalue weighted by Gasteiger charge is -2.21. The van der Waals surface area contributed by atoms with Gasteiger partial charge in [0.25, 0.3) is 0 Å². The second kappa shape index (κ2) is 5.16. The lowest BCUT2D eigenvalue weighted by Crippen LogP contribution is -2.12. The van der Waals surface area contributed by atoms with Gasteiger partial charge in [0, 0.05) is 18.9 Å². The second-order valence-corrected chi connectivity index (χ2v) is 6.28. The van der Waals surface area contributed by atoms with Gasteiger partial charge in [-0.25, -0.2) is 9.97 Å². The molecule has 3 rings (SSSR count). The third-order valence-corrected chi connectivity index (χ3v) is 4.85. The maximum atomic E-state index is 4.87. The first kappa shape index (κ1) is 12.4. The zero-order valence-corrected chi connectivity index (χ0v) is 12.5. The van der Waals surface area contributed by atoms with Crippen molar-refractivity contribution in [1.29, 1.82) is 0 Å². The van der Waals surface area contributed by atoms with E-state index in [4.69, 9.17) is 9.97 Å². The molecule has 2 saturated carbocycles. The fourth-order valence-corrected chi connectivity index (χ4v) is 3.52. The molecule has 0 spiro atoms. The summed E-state index contributed by atoms with van der Waals surface area (Å²) in [6.07, 6.45) is 9.12. The number of hydrogen-bond acceptors (Lipinski definition) is 3. The Hall–Kier alpha value is -0.640. The van der Waals surface area contributed by atoms with Crippen molar-refractivity contribution in [3.05, 3.63) is 16.0 Å². The molecule has 1 aromatic rings. The van der Waals surface area contributed by atoms with Crippen LogP contribution in [-0.4, -0.2) is 17.0 Å². The van der Waals surface area contributed by atoms with Crippen LogP contribution in [0.2, 0.25) is 0 Å². The minimum Gasteiger partial charge on any atom is -0.372 e. The van der Waals surface area contributed by atoms with Crippen molar-refractivity contribution < 1.29 is 0 Å². The predicted octanol–water partition coefficient (Wildman–Crippen LogP) is 4.21. The van der Waals surface area contributed by atoms with E-state index in [0.29, 0.717) is 11.8 Å². The summed E-state index contributed by atoms with van der Waals surface area (Å²) in [7, 11) is 1.94. The highest BCUT2D eigenvalue weighted by molar-refractivity contribution is 9.10. The summed E-state index contributed by atoms with van der Waals surface area (Å²) in [5.41, 5.74) is 1.23. The van der Waals surface area contributed by atoms with Crippen molar-refractivity contribution in [1.82, 2.24) is 9.97 Å². The summed E-state index contributed by atoms with van der Waals surface area (Å²) < 4.78 is 1.08. The molecule has 0 saturated heterocycles. The Morgan fingerprint density at radius 2 is 1.72 bits per heavy atom. The molecule has 18 heavy (non-hydrogen) atoms. The fourth-order valence-electron chi connectivity index (χ4n) is 2.82. The Labute approximate surface area is 117 Å². The van der Waals surface area contributed by atoms with Crippen LogP contribution in [0.4, 0.5) is 5.82 Å². The minimum absolute atomic E-state index is 0.580. The molecule has 0 radical (unpaired) electrons. The Morgan fingerprint density at radius 1 is 1.00 bits per heavy atom. The van der Waals surface area contributed by atoms with Crippen LogP contribution in [0.5, 0.6) is 0 Å². The van der Waals surface area contributed by atoms with Gasteiger partial charge in [-0.3, -0.25) is 0 Å². The van der Waals surface area contributed by atoms with E-state index in [1.807, 2.05) is 7.05 Å². The molecule has 0 aliphatic heterocycles. The average Bonchev–Trinajstić information content (AvgIpc) is 3.24. The number of nitrogens with zero attached hydrogens (tertiary/aromatic N) is 2. The summed E-state index contributed by atoms with van der Waals surface area (Å²) in [6.45, 7) is 0. The molecule has 1 aromatic heterocycles. The van der Waals surface area contributed by atoms with E-state index < -0.39 is 0 Å². The monoisotopic (exact) mass is 309 g/mol. The van der Waals surface area contributed by atoms with Crippen LogP contribution in [0, 0.1) is 0 Å². The van der Waals surface area contributed by atoms with Gasteiger partial charge in [-0.1, -0.05) is 19.3 Å². The first-order valence-corrected chi connectivity index (χ1v) is 7.84. The Bertz CT molecular complexity index is 437. The van der Waals surface area contributed by atoms with E-state index in [9.17, 15) is 0 Å². The van der Waals surface area contributed by atoms with E-state index in [0.717, 1.165) is 16.1 Å². The van der Waals surface area contributed by atoms with Crippen LogP contribution in [0.3, 0.4) is 0 Å². The lowest BCUT2D eigenvalue weighted by atomic mass is 9.88. The summed E-state index contributed by atoms with van der Waals surface area (Å²) in [5, 5.41) is 3.20. The van der Waals surface area contributed by atoms with Gasteiger partial charge in [0.05, 0.1) is 10.2 Å². The molecule has 0 aromatic carbocycles. The fraction of sp³-hybridized carbons (Fsp3) is 0.714. The molecule has 1 N–H and O–H groups in total. The highest BCUT2D eigenvalue weighted by Gasteiger charge is 2.30. The topological polar surface area (TPSA) is 37.8 Å². The summed E-state index contributed by atoms with van der Waals surface area (Å²) >= 11 is 3.65. The van der Waals surface area contributed by atoms with Gasteiger partial charge in [-0.05, 0) is 41.6 Å². The van der Waals surface area contributed by atoms with Crippen molar-refractivity contribution in [2.45, 2.75) is 56.8 Å². The van der Waals surface area contributed by atoms with Crippen LogP contribution < -0.4 is 5.32 Å². The van der Waals surface area contributed by atoms with Crippen LogP contribution >= 0.6 is 15.9 Å². The predicted molar refractivity (Wildman–Crippen MR) is 77.1 cm³/mol. The zero-order chi connectivity index (χ0) is 12.5. The van der Waals surface area contributed by atoms with Gasteiger partial charge in [0.2, 0.25) is 0 Å². The van der Waals surface area contributed by atoms with E-state index >= 15 is 0 Å². The zero-order valence-electron chi connectivity index (χ0n) is 10.9. The van der Waals surface area contributed by atoms with Gasteiger partial charge in [0.15, 0.2) is 0 Å². The molecule has 2 aliphatic carbocycles. The second-order valence-electron chi connectivity index (χ2n) is 5.49. The van der Waals surface area contributed by atoms with Gasteiger partial charge in [-0.15, -0.1) is 0 Å². The number of aromatic nitrogens is 2. The van der Waals surface area contributed by atoms with Crippen LogP contribution in [0.25, 0.3) is 0 Å². The normalized spacial score (nSPS) is 21.0. The van der Waals surface area contributed by atoms with Gasteiger partial charge in [-0.2, -0.15) is 0 Å². The number of nitrogens with one attached hydrogen (secondary N) is 1. The lowest BCUT2D eigenvalue weighted by molar-refractivity contribution is 0.428. The van der Waals surface area contributed by atoms with E-state index in [2.05, 4.69) is 21.2 Å². The van der Waals surface area contributed by atoms with E-state index in [-0.39, 0.29) is 0 Å². The van der Waals surface area contributed by atoms with Crippen LogP contribution in [0.15, 0.2) is 4.47 Å². The largest absolute Gasteiger partial charge is 0.372 e. The Kier molecular flexibility index (Phi) is 3.55. The van der Waals surface area contributed by atoms with Crippen molar-refractivity contribution in [3.63, 3.8) is 0 Å². The third-order valence-electron chi connectivity index (χ3n) is 4.07. The quantitative estimate of drug-likeness (QED) is 0.909. The van der Waals surface area contributed by atoms with Crippen molar-refractivity contribution in [3.8, 4) is 0 Å². The Balaban J connectivity index is 1.95. The first-order chi connectivity index (χ1) is 8.79. The van der Waals surface area contributed by atoms with Gasteiger partial charge >= 0.3 is 0 Å². The molecule has 3 nitrogen and oxygen atoms in total. The molecule has 2 aliphatic rings. The maximum Gasteiger partial charge on any atom is 0.144 e. The molecular weight excluding hydrogens is 290 g/mol. The summed E-state index contributed by atoms with van der Waals surface area (Å²) in [6, 6.07) is 0. The van der Waals surface area contributed by atoms with Crippen LogP contribution in [0.1, 0.15) is 68.3 Å². The van der Waals surface area contributed by atoms with Crippen LogP contribution in [-0.2, 0) is 0 Å². The number of hydrogen-bond donors (Lipinski definition) is 1. The molecule has 98 valence electrons. The molecule has 0 unspecified atom stereocenters.